The number of pyridine rings is 1. The molecule has 0 aliphatic carbocycles. The second-order valence-corrected chi connectivity index (χ2v) is 5.05. The number of nitrogens with one attached hydrogen (secondary N) is 2. The molecule has 0 amide bonds. The Morgan fingerprint density at radius 2 is 1.79 bits per heavy atom. The molecule has 0 unspecified atom stereocenters. The third-order valence-corrected chi connectivity index (χ3v) is 2.58. The predicted molar refractivity (Wildman–Crippen MR) is 68.1 cm³/mol. The molecule has 3 N–H and O–H groups in total. The van der Waals surface area contributed by atoms with Crippen molar-refractivity contribution in [2.24, 2.45) is 5.41 Å². The maximum Gasteiger partial charge on any atom is 0.416 e. The van der Waals surface area contributed by atoms with Gasteiger partial charge in [0.15, 0.2) is 0 Å². The molecule has 0 radical (unpaired) electrons. The third-order valence-electron chi connectivity index (χ3n) is 2.58. The van der Waals surface area contributed by atoms with Crippen LogP contribution in [0.5, 0.6) is 0 Å². The number of hydrogen-bond acceptors (Lipinski definition) is 4. The van der Waals surface area contributed by atoms with Gasteiger partial charge >= 0.3 is 6.18 Å². The van der Waals surface area contributed by atoms with Crippen LogP contribution < -0.4 is 10.6 Å². The fourth-order valence-electron chi connectivity index (χ4n) is 1.30. The molecule has 0 fully saturated rings. The van der Waals surface area contributed by atoms with Crippen LogP contribution in [0.3, 0.4) is 0 Å². The van der Waals surface area contributed by atoms with Crippen LogP contribution >= 0.6 is 0 Å². The summed E-state index contributed by atoms with van der Waals surface area (Å²) in [5.74, 6) is 0.264. The summed E-state index contributed by atoms with van der Waals surface area (Å²) in [6, 6.07) is 1.90. The van der Waals surface area contributed by atoms with Gasteiger partial charge in [-0.1, -0.05) is 13.8 Å². The molecule has 0 aliphatic rings. The molecule has 0 bridgehead atoms. The summed E-state index contributed by atoms with van der Waals surface area (Å²) in [6.45, 7) is 3.85. The van der Waals surface area contributed by atoms with Crippen LogP contribution in [-0.4, -0.2) is 30.3 Å². The van der Waals surface area contributed by atoms with Crippen LogP contribution in [0.25, 0.3) is 0 Å². The zero-order valence-electron chi connectivity index (χ0n) is 11.1. The van der Waals surface area contributed by atoms with E-state index in [9.17, 15) is 13.2 Å². The average molecular weight is 277 g/mol. The summed E-state index contributed by atoms with van der Waals surface area (Å²) in [4.78, 5) is 4.00. The van der Waals surface area contributed by atoms with E-state index < -0.39 is 17.2 Å². The lowest BCUT2D eigenvalue weighted by molar-refractivity contribution is -0.137. The fraction of sp³-hybridized carbons (Fsp3) is 0.583. The second-order valence-electron chi connectivity index (χ2n) is 5.05. The van der Waals surface area contributed by atoms with Gasteiger partial charge in [0, 0.05) is 25.6 Å². The van der Waals surface area contributed by atoms with Crippen molar-refractivity contribution >= 4 is 11.6 Å². The van der Waals surface area contributed by atoms with Gasteiger partial charge in [-0.3, -0.25) is 0 Å². The van der Waals surface area contributed by atoms with Crippen molar-refractivity contribution in [1.29, 1.82) is 0 Å². The smallest absolute Gasteiger partial charge is 0.396 e. The van der Waals surface area contributed by atoms with E-state index in [2.05, 4.69) is 15.6 Å². The average Bonchev–Trinajstić information content (AvgIpc) is 2.35. The van der Waals surface area contributed by atoms with Gasteiger partial charge in [-0.15, -0.1) is 0 Å². The molecule has 0 aromatic carbocycles. The highest BCUT2D eigenvalue weighted by molar-refractivity contribution is 5.49. The number of aromatic nitrogens is 1. The Bertz CT molecular complexity index is 433. The number of halogens is 3. The third kappa shape index (κ3) is 4.59. The van der Waals surface area contributed by atoms with Gasteiger partial charge in [0.2, 0.25) is 0 Å². The minimum absolute atomic E-state index is 0.0716. The van der Waals surface area contributed by atoms with E-state index >= 15 is 0 Å². The molecule has 0 atom stereocenters. The van der Waals surface area contributed by atoms with Crippen LogP contribution in [0.15, 0.2) is 12.1 Å². The Hall–Kier alpha value is -1.50. The number of hydrogen-bond donors (Lipinski definition) is 3. The molecule has 19 heavy (non-hydrogen) atoms. The van der Waals surface area contributed by atoms with Crippen LogP contribution in [-0.2, 0) is 6.18 Å². The highest BCUT2D eigenvalue weighted by atomic mass is 19.4. The number of aliphatic hydroxyl groups is 1. The highest BCUT2D eigenvalue weighted by Crippen LogP contribution is 2.32. The summed E-state index contributed by atoms with van der Waals surface area (Å²) >= 11 is 0. The molecular formula is C12H18F3N3O. The van der Waals surface area contributed by atoms with E-state index in [-0.39, 0.29) is 18.2 Å². The topological polar surface area (TPSA) is 57.2 Å². The number of rotatable bonds is 5. The van der Waals surface area contributed by atoms with Crippen molar-refractivity contribution in [1.82, 2.24) is 4.98 Å². The Balaban J connectivity index is 2.95. The molecule has 4 nitrogen and oxygen atoms in total. The van der Waals surface area contributed by atoms with Gasteiger partial charge in [-0.05, 0) is 12.1 Å². The summed E-state index contributed by atoms with van der Waals surface area (Å²) in [5, 5.41) is 14.5. The van der Waals surface area contributed by atoms with E-state index in [1.54, 1.807) is 13.8 Å². The van der Waals surface area contributed by atoms with Gasteiger partial charge < -0.3 is 15.7 Å². The summed E-state index contributed by atoms with van der Waals surface area (Å²) in [5.41, 5.74) is -1.20. The van der Waals surface area contributed by atoms with Crippen LogP contribution in [0.4, 0.5) is 24.8 Å². The van der Waals surface area contributed by atoms with E-state index in [0.29, 0.717) is 6.54 Å². The maximum atomic E-state index is 12.7. The quantitative estimate of drug-likeness (QED) is 0.774. The van der Waals surface area contributed by atoms with Crippen LogP contribution in [0.1, 0.15) is 19.4 Å². The Kier molecular flexibility index (Phi) is 4.62. The molecule has 0 saturated carbocycles. The number of nitrogens with zero attached hydrogens (tertiary/aromatic N) is 1. The first-order valence-corrected chi connectivity index (χ1v) is 5.80. The minimum atomic E-state index is -4.42. The van der Waals surface area contributed by atoms with Crippen molar-refractivity contribution < 1.29 is 18.3 Å². The number of anilines is 2. The number of alkyl halides is 3. The van der Waals surface area contributed by atoms with Gasteiger partial charge in [0.1, 0.15) is 11.6 Å². The molecule has 0 aliphatic heterocycles. The second kappa shape index (κ2) is 5.64. The first-order valence-electron chi connectivity index (χ1n) is 5.80. The lowest BCUT2D eigenvalue weighted by atomic mass is 9.95. The largest absolute Gasteiger partial charge is 0.416 e. The van der Waals surface area contributed by atoms with Crippen molar-refractivity contribution in [3.63, 3.8) is 0 Å². The first-order chi connectivity index (χ1) is 8.68. The molecule has 0 saturated heterocycles. The zero-order chi connectivity index (χ0) is 14.7. The summed E-state index contributed by atoms with van der Waals surface area (Å²) in [6.07, 6.45) is -4.42. The van der Waals surface area contributed by atoms with Crippen molar-refractivity contribution in [2.75, 3.05) is 30.8 Å². The van der Waals surface area contributed by atoms with Crippen LogP contribution in [0.2, 0.25) is 0 Å². The van der Waals surface area contributed by atoms with E-state index in [4.69, 9.17) is 5.11 Å². The SMILES string of the molecule is CNc1cc(C(F)(F)F)cc(NCC(C)(C)CO)n1. The summed E-state index contributed by atoms with van der Waals surface area (Å²) in [7, 11) is 1.50. The monoisotopic (exact) mass is 277 g/mol. The lowest BCUT2D eigenvalue weighted by Gasteiger charge is -2.22. The molecule has 1 heterocycles. The number of aliphatic hydroxyl groups excluding tert-OH is 1. The van der Waals surface area contributed by atoms with Gasteiger partial charge in [0.25, 0.3) is 0 Å². The zero-order valence-corrected chi connectivity index (χ0v) is 11.1. The fourth-order valence-corrected chi connectivity index (χ4v) is 1.30. The maximum absolute atomic E-state index is 12.7. The molecular weight excluding hydrogens is 259 g/mol. The standard InChI is InChI=1S/C12H18F3N3O/c1-11(2,7-19)6-17-10-5-8(12(13,14)15)4-9(16-3)18-10/h4-5,19H,6-7H2,1-3H3,(H2,16,17,18). The van der Waals surface area contributed by atoms with Gasteiger partial charge in [-0.2, -0.15) is 13.2 Å². The van der Waals surface area contributed by atoms with Crippen molar-refractivity contribution in [3.05, 3.63) is 17.7 Å². The van der Waals surface area contributed by atoms with E-state index in [0.717, 1.165) is 12.1 Å². The van der Waals surface area contributed by atoms with E-state index in [1.807, 2.05) is 0 Å². The van der Waals surface area contributed by atoms with Gasteiger partial charge in [-0.25, -0.2) is 4.98 Å². The van der Waals surface area contributed by atoms with Gasteiger partial charge in [0.05, 0.1) is 5.56 Å². The normalized spacial score (nSPS) is 12.4. The first kappa shape index (κ1) is 15.6. The van der Waals surface area contributed by atoms with Crippen molar-refractivity contribution in [3.8, 4) is 0 Å². The molecule has 108 valence electrons. The summed E-state index contributed by atoms with van der Waals surface area (Å²) < 4.78 is 38.1. The van der Waals surface area contributed by atoms with Crippen molar-refractivity contribution in [2.45, 2.75) is 20.0 Å². The van der Waals surface area contributed by atoms with E-state index in [1.165, 1.54) is 7.05 Å². The van der Waals surface area contributed by atoms with Crippen LogP contribution in [0, 0.1) is 5.41 Å². The minimum Gasteiger partial charge on any atom is -0.396 e. The Labute approximate surface area is 110 Å². The molecule has 1 aromatic heterocycles. The molecule has 0 spiro atoms. The Morgan fingerprint density at radius 1 is 1.21 bits per heavy atom. The molecule has 7 heteroatoms. The highest BCUT2D eigenvalue weighted by Gasteiger charge is 2.31. The Morgan fingerprint density at radius 3 is 2.26 bits per heavy atom. The predicted octanol–water partition coefficient (Wildman–Crippen LogP) is 2.57. The molecule has 1 aromatic rings. The lowest BCUT2D eigenvalue weighted by Crippen LogP contribution is -2.27. The molecule has 1 rings (SSSR count).